The van der Waals surface area contributed by atoms with Crippen LogP contribution in [0.1, 0.15) is 22.7 Å². The molecule has 0 unspecified atom stereocenters. The van der Waals surface area contributed by atoms with Crippen LogP contribution in [-0.4, -0.2) is 48.4 Å². The molecular weight excluding hydrogens is 364 g/mol. The van der Waals surface area contributed by atoms with Crippen LogP contribution in [0.3, 0.4) is 0 Å². The molecular formula is C18H18N6O4. The molecule has 3 amide bonds. The van der Waals surface area contributed by atoms with Gasteiger partial charge in [-0.05, 0) is 19.1 Å². The van der Waals surface area contributed by atoms with Crippen LogP contribution < -0.4 is 4.90 Å². The summed E-state index contributed by atoms with van der Waals surface area (Å²) < 4.78 is 6.64. The molecule has 4 rings (SSSR count). The van der Waals surface area contributed by atoms with Crippen molar-refractivity contribution in [2.24, 2.45) is 0 Å². The maximum Gasteiger partial charge on any atom is 0.332 e. The number of rotatable bonds is 6. The highest BCUT2D eigenvalue weighted by Gasteiger charge is 2.38. The minimum Gasteiger partial charge on any atom is -0.390 e. The van der Waals surface area contributed by atoms with Crippen LogP contribution in [0.4, 0.5) is 10.5 Å². The van der Waals surface area contributed by atoms with Crippen LogP contribution >= 0.6 is 0 Å². The summed E-state index contributed by atoms with van der Waals surface area (Å²) in [6.45, 7) is 2.19. The van der Waals surface area contributed by atoms with Crippen molar-refractivity contribution in [2.75, 3.05) is 11.4 Å². The number of aliphatic hydroxyl groups excluding tert-OH is 1. The predicted octanol–water partition coefficient (Wildman–Crippen LogP) is 1.08. The number of carbonyl (C=O) groups excluding carboxylic acids is 2. The first-order valence-electron chi connectivity index (χ1n) is 8.65. The van der Waals surface area contributed by atoms with Crippen molar-refractivity contribution in [3.8, 4) is 0 Å². The summed E-state index contributed by atoms with van der Waals surface area (Å²) in [6.07, 6.45) is 4.72. The van der Waals surface area contributed by atoms with Crippen LogP contribution in [0.15, 0.2) is 41.3 Å². The molecule has 0 bridgehead atoms. The van der Waals surface area contributed by atoms with Crippen molar-refractivity contribution in [1.29, 1.82) is 0 Å². The van der Waals surface area contributed by atoms with E-state index in [1.54, 1.807) is 42.2 Å². The van der Waals surface area contributed by atoms with Gasteiger partial charge in [0.25, 0.3) is 5.91 Å². The molecule has 10 heteroatoms. The lowest BCUT2D eigenvalue weighted by Crippen LogP contribution is -2.32. The molecule has 0 saturated carbocycles. The van der Waals surface area contributed by atoms with Gasteiger partial charge in [0.15, 0.2) is 0 Å². The number of nitrogens with zero attached hydrogens (tertiary/aromatic N) is 6. The highest BCUT2D eigenvalue weighted by molar-refractivity contribution is 6.19. The summed E-state index contributed by atoms with van der Waals surface area (Å²) in [7, 11) is 0. The van der Waals surface area contributed by atoms with Gasteiger partial charge in [-0.25, -0.2) is 9.69 Å². The largest absolute Gasteiger partial charge is 0.390 e. The van der Waals surface area contributed by atoms with Gasteiger partial charge >= 0.3 is 6.03 Å². The third-order valence-corrected chi connectivity index (χ3v) is 4.48. The van der Waals surface area contributed by atoms with Gasteiger partial charge in [-0.2, -0.15) is 5.10 Å². The topological polar surface area (TPSA) is 118 Å². The summed E-state index contributed by atoms with van der Waals surface area (Å²) in [5.74, 6) is 0.359. The molecule has 0 atom stereocenters. The van der Waals surface area contributed by atoms with Gasteiger partial charge in [-0.1, -0.05) is 11.2 Å². The molecule has 3 aromatic rings. The minimum atomic E-state index is -0.429. The third-order valence-electron chi connectivity index (χ3n) is 4.48. The highest BCUT2D eigenvalue weighted by Crippen LogP contribution is 2.22. The van der Waals surface area contributed by atoms with E-state index in [9.17, 15) is 14.7 Å². The number of amides is 3. The van der Waals surface area contributed by atoms with E-state index < -0.39 is 6.03 Å². The van der Waals surface area contributed by atoms with Crippen molar-refractivity contribution in [2.45, 2.75) is 26.6 Å². The number of aryl methyl sites for hydroxylation is 1. The Morgan fingerprint density at radius 3 is 2.75 bits per heavy atom. The fraction of sp³-hybridized carbons (Fsp3) is 0.278. The van der Waals surface area contributed by atoms with Crippen molar-refractivity contribution < 1.29 is 19.2 Å². The van der Waals surface area contributed by atoms with Crippen molar-refractivity contribution in [1.82, 2.24) is 24.8 Å². The highest BCUT2D eigenvalue weighted by atomic mass is 16.5. The molecule has 1 fully saturated rings. The van der Waals surface area contributed by atoms with E-state index in [1.165, 1.54) is 11.1 Å². The van der Waals surface area contributed by atoms with E-state index in [0.717, 1.165) is 10.5 Å². The molecule has 0 spiro atoms. The molecule has 0 aliphatic carbocycles. The van der Waals surface area contributed by atoms with Gasteiger partial charge in [-0.15, -0.1) is 0 Å². The van der Waals surface area contributed by atoms with Crippen molar-refractivity contribution in [3.63, 3.8) is 0 Å². The Morgan fingerprint density at radius 2 is 2.00 bits per heavy atom. The van der Waals surface area contributed by atoms with E-state index in [1.807, 2.05) is 0 Å². The number of pyridine rings is 1. The van der Waals surface area contributed by atoms with E-state index in [0.29, 0.717) is 29.4 Å². The second-order valence-corrected chi connectivity index (χ2v) is 6.45. The summed E-state index contributed by atoms with van der Waals surface area (Å²) in [5, 5.41) is 17.1. The van der Waals surface area contributed by atoms with Gasteiger partial charge in [0, 0.05) is 11.8 Å². The summed E-state index contributed by atoms with van der Waals surface area (Å²) in [6, 6.07) is 4.77. The normalized spacial score (nSPS) is 14.4. The van der Waals surface area contributed by atoms with Gasteiger partial charge in [-0.3, -0.25) is 14.5 Å². The van der Waals surface area contributed by atoms with Gasteiger partial charge in [0.2, 0.25) is 0 Å². The number of hydrogen-bond acceptors (Lipinski definition) is 7. The van der Waals surface area contributed by atoms with E-state index in [2.05, 4.69) is 15.2 Å². The summed E-state index contributed by atoms with van der Waals surface area (Å²) in [5.41, 5.74) is 2.39. The second kappa shape index (κ2) is 7.24. The number of anilines is 1. The number of aliphatic hydroxyl groups is 1. The van der Waals surface area contributed by atoms with Gasteiger partial charge in [0.05, 0.1) is 49.2 Å². The molecule has 0 radical (unpaired) electrons. The van der Waals surface area contributed by atoms with Crippen LogP contribution in [0.5, 0.6) is 0 Å². The summed E-state index contributed by atoms with van der Waals surface area (Å²) >= 11 is 0. The smallest absolute Gasteiger partial charge is 0.332 e. The molecule has 10 nitrogen and oxygen atoms in total. The number of carbonyl (C=O) groups is 2. The lowest BCUT2D eigenvalue weighted by atomic mass is 10.3. The van der Waals surface area contributed by atoms with Gasteiger partial charge < -0.3 is 14.5 Å². The standard InChI is InChI=1S/C18H18N6O4/c1-12-13(5-20-28-12)7-23-9-16(6-19-23)24-17(26)10-22(18(24)27)8-14-3-2-4-15(11-25)21-14/h2-6,9,25H,7-8,10-11H2,1H3. The average Bonchev–Trinajstić information content (AvgIpc) is 3.37. The predicted molar refractivity (Wildman–Crippen MR) is 96.0 cm³/mol. The molecule has 4 heterocycles. The zero-order valence-electron chi connectivity index (χ0n) is 15.1. The average molecular weight is 382 g/mol. The Morgan fingerprint density at radius 1 is 1.18 bits per heavy atom. The van der Waals surface area contributed by atoms with Crippen LogP contribution in [0.25, 0.3) is 0 Å². The quantitative estimate of drug-likeness (QED) is 0.634. The molecule has 28 heavy (non-hydrogen) atoms. The number of aromatic nitrogens is 4. The van der Waals surface area contributed by atoms with Crippen molar-refractivity contribution >= 4 is 17.6 Å². The van der Waals surface area contributed by atoms with Crippen LogP contribution in [0, 0.1) is 6.92 Å². The first-order valence-corrected chi connectivity index (χ1v) is 8.65. The molecule has 0 aromatic carbocycles. The van der Waals surface area contributed by atoms with Crippen molar-refractivity contribution in [3.05, 3.63) is 59.5 Å². The molecule has 1 aliphatic heterocycles. The Hall–Kier alpha value is -3.53. The number of urea groups is 1. The Bertz CT molecular complexity index is 1030. The fourth-order valence-electron chi connectivity index (χ4n) is 3.03. The molecule has 1 aliphatic rings. The Kier molecular flexibility index (Phi) is 4.62. The Labute approximate surface area is 160 Å². The molecule has 3 aromatic heterocycles. The SMILES string of the molecule is Cc1oncc1Cn1cc(N2C(=O)CN(Cc3cccc(CO)n3)C2=O)cn1. The fourth-order valence-corrected chi connectivity index (χ4v) is 3.03. The van der Waals surface area contributed by atoms with Gasteiger partial charge in [0.1, 0.15) is 12.3 Å². The summed E-state index contributed by atoms with van der Waals surface area (Å²) in [4.78, 5) is 32.0. The van der Waals surface area contributed by atoms with E-state index >= 15 is 0 Å². The van der Waals surface area contributed by atoms with Crippen LogP contribution in [0.2, 0.25) is 0 Å². The first kappa shape index (κ1) is 17.9. The second-order valence-electron chi connectivity index (χ2n) is 6.45. The maximum absolute atomic E-state index is 12.7. The Balaban J connectivity index is 1.49. The third kappa shape index (κ3) is 3.37. The van der Waals surface area contributed by atoms with E-state index in [4.69, 9.17) is 4.52 Å². The zero-order valence-corrected chi connectivity index (χ0v) is 15.1. The zero-order chi connectivity index (χ0) is 19.7. The lowest BCUT2D eigenvalue weighted by molar-refractivity contribution is -0.116. The maximum atomic E-state index is 12.7. The molecule has 1 N–H and O–H groups in total. The first-order chi connectivity index (χ1) is 13.5. The monoisotopic (exact) mass is 382 g/mol. The number of hydrogen-bond donors (Lipinski definition) is 1. The molecule has 1 saturated heterocycles. The number of imide groups is 1. The van der Waals surface area contributed by atoms with E-state index in [-0.39, 0.29) is 25.6 Å². The minimum absolute atomic E-state index is 0.0419. The lowest BCUT2D eigenvalue weighted by Gasteiger charge is -2.15. The van der Waals surface area contributed by atoms with Crippen LogP contribution in [-0.2, 0) is 24.5 Å². The molecule has 144 valence electrons.